The molecule has 402 valence electrons. The van der Waals surface area contributed by atoms with Gasteiger partial charge in [0.2, 0.25) is 0 Å². The van der Waals surface area contributed by atoms with Crippen molar-refractivity contribution in [3.63, 3.8) is 0 Å². The summed E-state index contributed by atoms with van der Waals surface area (Å²) in [6, 6.07) is 0. The van der Waals surface area contributed by atoms with Gasteiger partial charge in [-0.1, -0.05) is 254 Å². The molecule has 0 saturated heterocycles. The quantitative estimate of drug-likeness (QED) is 0.0261. The fourth-order valence-electron chi connectivity index (χ4n) is 8.21. The SMILES string of the molecule is CC/C=C\C/C=C\C/C=C\C/C=C\C/C=C\C/C=C\CCCCC(=O)OCC(COC(=O)CCCCCCCCCCCCCC)OC(=O)CCCCCCCCCCC/C=C\CCCCCCCC. The predicted octanol–water partition coefficient (Wildman–Crippen LogP) is 19.9. The predicted molar refractivity (Wildman–Crippen MR) is 302 cm³/mol. The normalized spacial score (nSPS) is 12.7. The summed E-state index contributed by atoms with van der Waals surface area (Å²) in [5.74, 6) is -0.929. The summed E-state index contributed by atoms with van der Waals surface area (Å²) in [5, 5.41) is 0. The lowest BCUT2D eigenvalue weighted by Gasteiger charge is -2.18. The van der Waals surface area contributed by atoms with Gasteiger partial charge in [-0.15, -0.1) is 0 Å². The van der Waals surface area contributed by atoms with Gasteiger partial charge in [-0.2, -0.15) is 0 Å². The number of esters is 3. The van der Waals surface area contributed by atoms with Gasteiger partial charge in [0, 0.05) is 19.3 Å². The Kier molecular flexibility index (Phi) is 55.3. The lowest BCUT2D eigenvalue weighted by molar-refractivity contribution is -0.167. The van der Waals surface area contributed by atoms with E-state index in [-0.39, 0.29) is 31.1 Å². The largest absolute Gasteiger partial charge is 0.462 e. The molecular formula is C64H110O6. The topological polar surface area (TPSA) is 78.9 Å². The van der Waals surface area contributed by atoms with Crippen molar-refractivity contribution >= 4 is 17.9 Å². The first-order valence-electron chi connectivity index (χ1n) is 29.6. The van der Waals surface area contributed by atoms with Crippen LogP contribution in [-0.4, -0.2) is 37.2 Å². The molecule has 0 aromatic rings. The van der Waals surface area contributed by atoms with Gasteiger partial charge in [0.05, 0.1) is 0 Å². The van der Waals surface area contributed by atoms with E-state index in [0.29, 0.717) is 19.3 Å². The van der Waals surface area contributed by atoms with Crippen LogP contribution in [0.25, 0.3) is 0 Å². The average Bonchev–Trinajstić information content (AvgIpc) is 3.36. The number of carbonyl (C=O) groups is 3. The summed E-state index contributed by atoms with van der Waals surface area (Å²) >= 11 is 0. The fraction of sp³-hybridized carbons (Fsp3) is 0.734. The van der Waals surface area contributed by atoms with Crippen LogP contribution in [0.4, 0.5) is 0 Å². The summed E-state index contributed by atoms with van der Waals surface area (Å²) in [6.45, 7) is 6.50. The van der Waals surface area contributed by atoms with Crippen LogP contribution in [0, 0.1) is 0 Å². The second kappa shape index (κ2) is 58.2. The Balaban J connectivity index is 4.42. The summed E-state index contributed by atoms with van der Waals surface area (Å²) in [5.41, 5.74) is 0. The van der Waals surface area contributed by atoms with Crippen LogP contribution >= 0.6 is 0 Å². The molecule has 0 heterocycles. The second-order valence-corrected chi connectivity index (χ2v) is 19.5. The van der Waals surface area contributed by atoms with Gasteiger partial charge in [0.25, 0.3) is 0 Å². The van der Waals surface area contributed by atoms with E-state index in [9.17, 15) is 14.4 Å². The van der Waals surface area contributed by atoms with Crippen molar-refractivity contribution in [2.45, 2.75) is 290 Å². The van der Waals surface area contributed by atoms with E-state index in [0.717, 1.165) is 96.3 Å². The third-order valence-electron chi connectivity index (χ3n) is 12.6. The van der Waals surface area contributed by atoms with Gasteiger partial charge in [-0.05, 0) is 96.3 Å². The first-order chi connectivity index (χ1) is 34.5. The highest BCUT2D eigenvalue weighted by Gasteiger charge is 2.19. The molecule has 0 aliphatic carbocycles. The van der Waals surface area contributed by atoms with Crippen LogP contribution in [0.1, 0.15) is 284 Å². The third kappa shape index (κ3) is 55.5. The number of carbonyl (C=O) groups excluding carboxylic acids is 3. The zero-order valence-electron chi connectivity index (χ0n) is 46.0. The Bertz CT molecular complexity index is 1350. The van der Waals surface area contributed by atoms with Crippen LogP contribution in [0.5, 0.6) is 0 Å². The Morgan fingerprint density at radius 3 is 0.914 bits per heavy atom. The lowest BCUT2D eigenvalue weighted by Crippen LogP contribution is -2.30. The average molecular weight is 976 g/mol. The summed E-state index contributed by atoms with van der Waals surface area (Å²) in [7, 11) is 0. The number of hydrogen-bond acceptors (Lipinski definition) is 6. The Morgan fingerprint density at radius 1 is 0.300 bits per heavy atom. The smallest absolute Gasteiger partial charge is 0.306 e. The van der Waals surface area contributed by atoms with E-state index >= 15 is 0 Å². The minimum atomic E-state index is -0.794. The molecule has 0 fully saturated rings. The molecule has 0 saturated carbocycles. The standard InChI is InChI=1S/C64H110O6/c1-4-7-10-13-16-19-22-25-27-29-31-32-34-35-37-39-42-45-48-51-54-57-63(66)69-60-61(59-68-62(65)56-53-50-47-44-41-24-21-18-15-12-9-6-3)70-64(67)58-55-52-49-46-43-40-38-36-33-30-28-26-23-20-17-14-11-8-5-2/h7,10,16,19,25-28,31-32,35,37,42,45,61H,4-6,8-9,11-15,17-18,20-24,29-30,33-34,36,38-41,43-44,46-60H2,1-3H3/b10-7-,19-16-,27-25-,28-26-,32-31-,37-35-,45-42-. The van der Waals surface area contributed by atoms with Crippen molar-refractivity contribution in [3.8, 4) is 0 Å². The van der Waals surface area contributed by atoms with E-state index < -0.39 is 6.10 Å². The summed E-state index contributed by atoms with van der Waals surface area (Å²) in [6.07, 6.45) is 75.8. The van der Waals surface area contributed by atoms with E-state index in [2.05, 4.69) is 106 Å². The molecule has 6 heteroatoms. The van der Waals surface area contributed by atoms with Gasteiger partial charge >= 0.3 is 17.9 Å². The first kappa shape index (κ1) is 66.6. The second-order valence-electron chi connectivity index (χ2n) is 19.5. The van der Waals surface area contributed by atoms with Crippen molar-refractivity contribution in [1.82, 2.24) is 0 Å². The molecule has 0 radical (unpaired) electrons. The van der Waals surface area contributed by atoms with Crippen LogP contribution in [-0.2, 0) is 28.6 Å². The molecule has 0 spiro atoms. The van der Waals surface area contributed by atoms with Crippen molar-refractivity contribution in [2.75, 3.05) is 13.2 Å². The zero-order valence-corrected chi connectivity index (χ0v) is 46.0. The number of allylic oxidation sites excluding steroid dienone is 14. The van der Waals surface area contributed by atoms with Crippen LogP contribution in [0.2, 0.25) is 0 Å². The molecule has 1 unspecified atom stereocenters. The van der Waals surface area contributed by atoms with E-state index in [4.69, 9.17) is 14.2 Å². The molecule has 6 nitrogen and oxygen atoms in total. The minimum absolute atomic E-state index is 0.0890. The van der Waals surface area contributed by atoms with E-state index in [1.807, 2.05) is 0 Å². The maximum absolute atomic E-state index is 12.9. The fourth-order valence-corrected chi connectivity index (χ4v) is 8.21. The van der Waals surface area contributed by atoms with Gasteiger partial charge < -0.3 is 14.2 Å². The molecular weight excluding hydrogens is 865 g/mol. The van der Waals surface area contributed by atoms with Crippen molar-refractivity contribution < 1.29 is 28.6 Å². The molecule has 0 aromatic heterocycles. The molecule has 0 aromatic carbocycles. The van der Waals surface area contributed by atoms with Crippen molar-refractivity contribution in [1.29, 1.82) is 0 Å². The molecule has 70 heavy (non-hydrogen) atoms. The highest BCUT2D eigenvalue weighted by Crippen LogP contribution is 2.15. The maximum Gasteiger partial charge on any atom is 0.306 e. The number of ether oxygens (including phenoxy) is 3. The maximum atomic E-state index is 12.9. The Morgan fingerprint density at radius 2 is 0.557 bits per heavy atom. The summed E-state index contributed by atoms with van der Waals surface area (Å²) < 4.78 is 16.8. The molecule has 0 bridgehead atoms. The van der Waals surface area contributed by atoms with Gasteiger partial charge in [0.1, 0.15) is 13.2 Å². The molecule has 0 aliphatic heterocycles. The van der Waals surface area contributed by atoms with Crippen LogP contribution < -0.4 is 0 Å². The van der Waals surface area contributed by atoms with Crippen molar-refractivity contribution in [2.24, 2.45) is 0 Å². The van der Waals surface area contributed by atoms with Crippen molar-refractivity contribution in [3.05, 3.63) is 85.1 Å². The molecule has 0 amide bonds. The number of unbranched alkanes of at least 4 members (excludes halogenated alkanes) is 28. The highest BCUT2D eigenvalue weighted by atomic mass is 16.6. The molecule has 0 aliphatic rings. The minimum Gasteiger partial charge on any atom is -0.462 e. The van der Waals surface area contributed by atoms with Crippen LogP contribution in [0.15, 0.2) is 85.1 Å². The Hall–Kier alpha value is -3.41. The van der Waals surface area contributed by atoms with Gasteiger partial charge in [-0.3, -0.25) is 14.4 Å². The number of hydrogen-bond donors (Lipinski definition) is 0. The number of rotatable bonds is 53. The third-order valence-corrected chi connectivity index (χ3v) is 12.6. The lowest BCUT2D eigenvalue weighted by atomic mass is 10.0. The highest BCUT2D eigenvalue weighted by molar-refractivity contribution is 5.71. The molecule has 1 atom stereocenters. The first-order valence-corrected chi connectivity index (χ1v) is 29.6. The summed E-state index contributed by atoms with van der Waals surface area (Å²) in [4.78, 5) is 38.2. The van der Waals surface area contributed by atoms with E-state index in [1.54, 1.807) is 0 Å². The van der Waals surface area contributed by atoms with Gasteiger partial charge in [0.15, 0.2) is 6.10 Å². The molecule has 0 N–H and O–H groups in total. The Labute approximate surface area is 433 Å². The zero-order chi connectivity index (χ0) is 50.7. The van der Waals surface area contributed by atoms with Gasteiger partial charge in [-0.25, -0.2) is 0 Å². The monoisotopic (exact) mass is 975 g/mol. The van der Waals surface area contributed by atoms with E-state index in [1.165, 1.54) is 148 Å². The van der Waals surface area contributed by atoms with Crippen LogP contribution in [0.3, 0.4) is 0 Å². The molecule has 0 rings (SSSR count).